The molecule has 0 atom stereocenters. The van der Waals surface area contributed by atoms with Crippen molar-refractivity contribution in [3.63, 3.8) is 0 Å². The van der Waals surface area contributed by atoms with E-state index >= 15 is 0 Å². The molecular weight excluding hydrogens is 170 g/mol. The molecule has 0 unspecified atom stereocenters. The summed E-state index contributed by atoms with van der Waals surface area (Å²) in [6, 6.07) is 4.30. The Balaban J connectivity index is 2.52. The summed E-state index contributed by atoms with van der Waals surface area (Å²) in [5.41, 5.74) is 11.0. The van der Waals surface area contributed by atoms with E-state index in [2.05, 4.69) is 45.1 Å². The Hall–Kier alpha value is -1.24. The molecule has 0 spiro atoms. The first kappa shape index (κ1) is 9.32. The summed E-state index contributed by atoms with van der Waals surface area (Å²) >= 11 is 0. The number of fused-ring (bicyclic) bond motifs is 1. The normalized spacial score (nSPS) is 17.9. The molecule has 1 aliphatic carbocycles. The van der Waals surface area contributed by atoms with Gasteiger partial charge in [0.25, 0.3) is 0 Å². The van der Waals surface area contributed by atoms with Crippen LogP contribution in [0.5, 0.6) is 0 Å². The number of benzene rings is 1. The molecule has 2 N–H and O–H groups in total. The maximum Gasteiger partial charge on any atom is 0.0349 e. The van der Waals surface area contributed by atoms with Gasteiger partial charge in [-0.2, -0.15) is 0 Å². The zero-order valence-electron chi connectivity index (χ0n) is 9.09. The minimum Gasteiger partial charge on any atom is -0.398 e. The van der Waals surface area contributed by atoms with Crippen molar-refractivity contribution < 1.29 is 0 Å². The minimum absolute atomic E-state index is 0.287. The number of allylic oxidation sites excluding steroid dienone is 1. The molecule has 1 heteroatoms. The molecule has 0 aliphatic heterocycles. The van der Waals surface area contributed by atoms with Crippen LogP contribution in [0.4, 0.5) is 5.69 Å². The first-order valence-corrected chi connectivity index (χ1v) is 5.06. The second-order valence-corrected chi connectivity index (χ2v) is 4.91. The SMILES string of the molecule is Cc1cc2c(cc1N)C=CC(C)(C)C2. The average molecular weight is 187 g/mol. The molecule has 0 radical (unpaired) electrons. The second kappa shape index (κ2) is 2.88. The van der Waals surface area contributed by atoms with Crippen LogP contribution in [-0.2, 0) is 6.42 Å². The van der Waals surface area contributed by atoms with E-state index in [4.69, 9.17) is 5.73 Å². The highest BCUT2D eigenvalue weighted by atomic mass is 14.6. The van der Waals surface area contributed by atoms with E-state index in [1.165, 1.54) is 16.7 Å². The lowest BCUT2D eigenvalue weighted by Gasteiger charge is -2.26. The molecule has 0 bridgehead atoms. The van der Waals surface area contributed by atoms with Crippen molar-refractivity contribution in [1.29, 1.82) is 0 Å². The largest absolute Gasteiger partial charge is 0.398 e. The predicted molar refractivity (Wildman–Crippen MR) is 62.1 cm³/mol. The van der Waals surface area contributed by atoms with Crippen LogP contribution in [0, 0.1) is 12.3 Å². The lowest BCUT2D eigenvalue weighted by molar-refractivity contribution is 0.475. The Bertz CT molecular complexity index is 400. The van der Waals surface area contributed by atoms with Crippen molar-refractivity contribution in [2.45, 2.75) is 27.2 Å². The Kier molecular flexibility index (Phi) is 1.91. The van der Waals surface area contributed by atoms with Gasteiger partial charge in [-0.05, 0) is 41.5 Å². The number of nitrogen functional groups attached to an aromatic ring is 1. The highest BCUT2D eigenvalue weighted by molar-refractivity contribution is 5.64. The zero-order valence-corrected chi connectivity index (χ0v) is 9.09. The molecule has 1 aromatic rings. The van der Waals surface area contributed by atoms with Crippen molar-refractivity contribution in [2.75, 3.05) is 5.73 Å². The van der Waals surface area contributed by atoms with Crippen LogP contribution in [0.15, 0.2) is 18.2 Å². The van der Waals surface area contributed by atoms with E-state index in [-0.39, 0.29) is 5.41 Å². The van der Waals surface area contributed by atoms with Crippen molar-refractivity contribution in [3.8, 4) is 0 Å². The monoisotopic (exact) mass is 187 g/mol. The summed E-state index contributed by atoms with van der Waals surface area (Å²) in [5, 5.41) is 0. The topological polar surface area (TPSA) is 26.0 Å². The standard InChI is InChI=1S/C13H17N/c1-9-6-11-8-13(2,3)5-4-10(11)7-12(9)14/h4-7H,8,14H2,1-3H3. The highest BCUT2D eigenvalue weighted by Crippen LogP contribution is 2.33. The molecule has 1 nitrogen and oxygen atoms in total. The number of anilines is 1. The van der Waals surface area contributed by atoms with Crippen LogP contribution >= 0.6 is 0 Å². The third kappa shape index (κ3) is 1.54. The van der Waals surface area contributed by atoms with Crippen molar-refractivity contribution in [2.24, 2.45) is 5.41 Å². The van der Waals surface area contributed by atoms with Gasteiger partial charge in [-0.25, -0.2) is 0 Å². The van der Waals surface area contributed by atoms with Crippen molar-refractivity contribution in [1.82, 2.24) is 0 Å². The molecule has 74 valence electrons. The number of aryl methyl sites for hydroxylation is 1. The van der Waals surface area contributed by atoms with Gasteiger partial charge in [0, 0.05) is 5.69 Å². The fourth-order valence-electron chi connectivity index (χ4n) is 1.98. The van der Waals surface area contributed by atoms with Gasteiger partial charge in [-0.15, -0.1) is 0 Å². The summed E-state index contributed by atoms with van der Waals surface area (Å²) in [4.78, 5) is 0. The van der Waals surface area contributed by atoms with Crippen LogP contribution in [-0.4, -0.2) is 0 Å². The second-order valence-electron chi connectivity index (χ2n) is 4.91. The molecule has 0 saturated heterocycles. The Morgan fingerprint density at radius 3 is 2.71 bits per heavy atom. The molecule has 14 heavy (non-hydrogen) atoms. The van der Waals surface area contributed by atoms with Crippen molar-refractivity contribution >= 4 is 11.8 Å². The Morgan fingerprint density at radius 1 is 1.29 bits per heavy atom. The van der Waals surface area contributed by atoms with Crippen LogP contribution in [0.2, 0.25) is 0 Å². The third-order valence-electron chi connectivity index (χ3n) is 2.89. The van der Waals surface area contributed by atoms with Crippen molar-refractivity contribution in [3.05, 3.63) is 34.9 Å². The van der Waals surface area contributed by atoms with E-state index in [9.17, 15) is 0 Å². The van der Waals surface area contributed by atoms with Gasteiger partial charge in [0.2, 0.25) is 0 Å². The summed E-state index contributed by atoms with van der Waals surface area (Å²) in [6.45, 7) is 6.59. The van der Waals surface area contributed by atoms with Gasteiger partial charge in [0.05, 0.1) is 0 Å². The van der Waals surface area contributed by atoms with E-state index in [1.807, 2.05) is 0 Å². The molecule has 0 fully saturated rings. The smallest absolute Gasteiger partial charge is 0.0349 e. The quantitative estimate of drug-likeness (QED) is 0.620. The van der Waals surface area contributed by atoms with Crippen LogP contribution in [0.1, 0.15) is 30.5 Å². The summed E-state index contributed by atoms with van der Waals surface area (Å²) in [5.74, 6) is 0. The fraction of sp³-hybridized carbons (Fsp3) is 0.385. The average Bonchev–Trinajstić information content (AvgIpc) is 2.07. The molecular formula is C13H17N. The lowest BCUT2D eigenvalue weighted by atomic mass is 9.79. The Morgan fingerprint density at radius 2 is 2.00 bits per heavy atom. The number of hydrogen-bond acceptors (Lipinski definition) is 1. The summed E-state index contributed by atoms with van der Waals surface area (Å²) < 4.78 is 0. The molecule has 1 aromatic carbocycles. The minimum atomic E-state index is 0.287. The van der Waals surface area contributed by atoms with E-state index in [0.717, 1.165) is 12.1 Å². The van der Waals surface area contributed by atoms with Crippen LogP contribution in [0.3, 0.4) is 0 Å². The molecule has 0 aromatic heterocycles. The first-order valence-electron chi connectivity index (χ1n) is 5.06. The van der Waals surface area contributed by atoms with E-state index < -0.39 is 0 Å². The molecule has 0 amide bonds. The summed E-state index contributed by atoms with van der Waals surface area (Å²) in [7, 11) is 0. The number of hydrogen-bond donors (Lipinski definition) is 1. The Labute approximate surface area is 85.6 Å². The third-order valence-corrected chi connectivity index (χ3v) is 2.89. The molecule has 0 heterocycles. The molecule has 0 saturated carbocycles. The van der Waals surface area contributed by atoms with Gasteiger partial charge in [0.15, 0.2) is 0 Å². The first-order chi connectivity index (χ1) is 6.48. The number of nitrogens with two attached hydrogens (primary N) is 1. The van der Waals surface area contributed by atoms with Crippen LogP contribution in [0.25, 0.3) is 6.08 Å². The van der Waals surface area contributed by atoms with Crippen LogP contribution < -0.4 is 5.73 Å². The van der Waals surface area contributed by atoms with E-state index in [0.29, 0.717) is 0 Å². The van der Waals surface area contributed by atoms with Gasteiger partial charge >= 0.3 is 0 Å². The maximum atomic E-state index is 5.88. The molecule has 1 aliphatic rings. The van der Waals surface area contributed by atoms with Gasteiger partial charge < -0.3 is 5.73 Å². The zero-order chi connectivity index (χ0) is 10.3. The van der Waals surface area contributed by atoms with Gasteiger partial charge in [0.1, 0.15) is 0 Å². The maximum absolute atomic E-state index is 5.88. The van der Waals surface area contributed by atoms with E-state index in [1.54, 1.807) is 0 Å². The molecule has 2 rings (SSSR count). The van der Waals surface area contributed by atoms with Gasteiger partial charge in [-0.1, -0.05) is 32.1 Å². The lowest BCUT2D eigenvalue weighted by Crippen LogP contribution is -2.16. The highest BCUT2D eigenvalue weighted by Gasteiger charge is 2.20. The fourth-order valence-corrected chi connectivity index (χ4v) is 1.98. The number of rotatable bonds is 0. The van der Waals surface area contributed by atoms with Gasteiger partial charge in [-0.3, -0.25) is 0 Å². The predicted octanol–water partition coefficient (Wildman–Crippen LogP) is 3.17. The summed E-state index contributed by atoms with van der Waals surface area (Å²) in [6.07, 6.45) is 5.57.